The van der Waals surface area contributed by atoms with Gasteiger partial charge in [-0.1, -0.05) is 67.2 Å². The van der Waals surface area contributed by atoms with Crippen molar-refractivity contribution >= 4 is 5.76 Å². The van der Waals surface area contributed by atoms with Gasteiger partial charge in [0.25, 0.3) is 0 Å². The molecule has 33 heavy (non-hydrogen) atoms. The highest BCUT2D eigenvalue weighted by atomic mass is 19.4. The van der Waals surface area contributed by atoms with Crippen LogP contribution in [0.25, 0.3) is 5.76 Å². The molecule has 7 heteroatoms. The van der Waals surface area contributed by atoms with Crippen LogP contribution in [-0.4, -0.2) is 24.3 Å². The van der Waals surface area contributed by atoms with Crippen LogP contribution in [-0.2, 0) is 22.2 Å². The number of hydrogen-bond acceptors (Lipinski definition) is 3. The van der Waals surface area contributed by atoms with Crippen LogP contribution in [0.15, 0.2) is 85.4 Å². The standard InChI is InChI=1S/C26H23F4NO2/c1-18(21-14-22(26(28,29)30)16-23(27)15-21)33-25-24(20-10-6-3-7-11-20)31(12-13-32-25)17-19-8-4-2-5-9-19/h2-11,14-16,24-25H,1,12-13,17H2/t24-,25+/m0/s1. The third-order valence-electron chi connectivity index (χ3n) is 5.49. The minimum Gasteiger partial charge on any atom is -0.463 e. The summed E-state index contributed by atoms with van der Waals surface area (Å²) in [7, 11) is 0. The third kappa shape index (κ3) is 5.61. The van der Waals surface area contributed by atoms with Crippen LogP contribution in [0.4, 0.5) is 17.6 Å². The quantitative estimate of drug-likeness (QED) is 0.314. The van der Waals surface area contributed by atoms with Gasteiger partial charge < -0.3 is 9.47 Å². The molecule has 0 aliphatic carbocycles. The van der Waals surface area contributed by atoms with Gasteiger partial charge in [-0.25, -0.2) is 4.39 Å². The van der Waals surface area contributed by atoms with E-state index in [-0.39, 0.29) is 17.4 Å². The largest absolute Gasteiger partial charge is 0.463 e. The van der Waals surface area contributed by atoms with Crippen LogP contribution < -0.4 is 0 Å². The number of benzene rings is 3. The summed E-state index contributed by atoms with van der Waals surface area (Å²) in [6.07, 6.45) is -5.52. The van der Waals surface area contributed by atoms with Gasteiger partial charge in [-0.3, -0.25) is 4.90 Å². The summed E-state index contributed by atoms with van der Waals surface area (Å²) < 4.78 is 65.2. The monoisotopic (exact) mass is 457 g/mol. The van der Waals surface area contributed by atoms with Crippen molar-refractivity contribution < 1.29 is 27.0 Å². The zero-order valence-electron chi connectivity index (χ0n) is 17.8. The molecule has 2 atom stereocenters. The zero-order chi connectivity index (χ0) is 23.4. The van der Waals surface area contributed by atoms with Gasteiger partial charge in [0.15, 0.2) is 0 Å². The van der Waals surface area contributed by atoms with Crippen molar-refractivity contribution in [3.8, 4) is 0 Å². The summed E-state index contributed by atoms with van der Waals surface area (Å²) >= 11 is 0. The van der Waals surface area contributed by atoms with E-state index in [1.165, 1.54) is 0 Å². The molecule has 0 spiro atoms. The molecule has 0 bridgehead atoms. The summed E-state index contributed by atoms with van der Waals surface area (Å²) in [5.41, 5.74) is 0.856. The Hall–Kier alpha value is -3.16. The van der Waals surface area contributed by atoms with Gasteiger partial charge in [0, 0.05) is 18.7 Å². The molecule has 1 aliphatic rings. The first kappa shape index (κ1) is 23.0. The first-order valence-electron chi connectivity index (χ1n) is 10.5. The Labute approximate surface area is 189 Å². The summed E-state index contributed by atoms with van der Waals surface area (Å²) in [5, 5.41) is 0. The van der Waals surface area contributed by atoms with E-state index in [9.17, 15) is 17.6 Å². The highest BCUT2D eigenvalue weighted by Gasteiger charge is 2.36. The van der Waals surface area contributed by atoms with Gasteiger partial charge in [0.2, 0.25) is 6.29 Å². The summed E-state index contributed by atoms with van der Waals surface area (Å²) in [6.45, 7) is 5.40. The van der Waals surface area contributed by atoms with Crippen LogP contribution in [0.3, 0.4) is 0 Å². The second-order valence-corrected chi connectivity index (χ2v) is 7.82. The maximum Gasteiger partial charge on any atom is 0.416 e. The Bertz CT molecular complexity index is 1090. The predicted octanol–water partition coefficient (Wildman–Crippen LogP) is 6.43. The SMILES string of the molecule is C=C(O[C@H]1OCCN(Cc2ccccc2)[C@H]1c1ccccc1)c1cc(F)cc(C(F)(F)F)c1. The van der Waals surface area contributed by atoms with E-state index in [0.29, 0.717) is 25.8 Å². The molecule has 1 heterocycles. The molecule has 1 saturated heterocycles. The average molecular weight is 457 g/mol. The molecule has 0 unspecified atom stereocenters. The Morgan fingerprint density at radius 1 is 1.00 bits per heavy atom. The topological polar surface area (TPSA) is 21.7 Å². The molecule has 0 N–H and O–H groups in total. The lowest BCUT2D eigenvalue weighted by atomic mass is 10.0. The maximum absolute atomic E-state index is 13.9. The van der Waals surface area contributed by atoms with E-state index in [4.69, 9.17) is 9.47 Å². The van der Waals surface area contributed by atoms with Crippen LogP contribution >= 0.6 is 0 Å². The van der Waals surface area contributed by atoms with Gasteiger partial charge >= 0.3 is 6.18 Å². The molecule has 1 fully saturated rings. The van der Waals surface area contributed by atoms with Crippen molar-refractivity contribution in [1.82, 2.24) is 4.90 Å². The number of nitrogens with zero attached hydrogens (tertiary/aromatic N) is 1. The molecular formula is C26H23F4NO2. The van der Waals surface area contributed by atoms with Crippen LogP contribution in [0, 0.1) is 5.82 Å². The number of alkyl halides is 3. The van der Waals surface area contributed by atoms with E-state index in [2.05, 4.69) is 11.5 Å². The van der Waals surface area contributed by atoms with Crippen LogP contribution in [0.5, 0.6) is 0 Å². The molecule has 4 rings (SSSR count). The van der Waals surface area contributed by atoms with Crippen LogP contribution in [0.1, 0.15) is 28.3 Å². The molecular weight excluding hydrogens is 434 g/mol. The summed E-state index contributed by atoms with van der Waals surface area (Å²) in [5.74, 6) is -1.10. The number of ether oxygens (including phenoxy) is 2. The lowest BCUT2D eigenvalue weighted by molar-refractivity contribution is -0.181. The molecule has 0 saturated carbocycles. The van der Waals surface area contributed by atoms with Gasteiger partial charge in [-0.05, 0) is 29.3 Å². The Balaban J connectivity index is 1.61. The molecule has 172 valence electrons. The normalized spacial score (nSPS) is 19.3. The van der Waals surface area contributed by atoms with Crippen molar-refractivity contribution in [2.75, 3.05) is 13.2 Å². The van der Waals surface area contributed by atoms with Crippen molar-refractivity contribution in [3.05, 3.63) is 114 Å². The lowest BCUT2D eigenvalue weighted by Gasteiger charge is -2.41. The Kier molecular flexibility index (Phi) is 6.81. The van der Waals surface area contributed by atoms with E-state index in [0.717, 1.165) is 23.3 Å². The van der Waals surface area contributed by atoms with Gasteiger partial charge in [0.1, 0.15) is 11.6 Å². The summed E-state index contributed by atoms with van der Waals surface area (Å²) in [6, 6.07) is 21.4. The molecule has 0 aromatic heterocycles. The fraction of sp³-hybridized carbons (Fsp3) is 0.231. The first-order chi connectivity index (χ1) is 15.8. The molecule has 3 aromatic rings. The zero-order valence-corrected chi connectivity index (χ0v) is 17.8. The lowest BCUT2D eigenvalue weighted by Crippen LogP contribution is -2.45. The second-order valence-electron chi connectivity index (χ2n) is 7.82. The Morgan fingerprint density at radius 3 is 2.33 bits per heavy atom. The minimum atomic E-state index is -4.68. The smallest absolute Gasteiger partial charge is 0.416 e. The van der Waals surface area contributed by atoms with Gasteiger partial charge in [-0.2, -0.15) is 13.2 Å². The van der Waals surface area contributed by atoms with E-state index < -0.39 is 23.8 Å². The predicted molar refractivity (Wildman–Crippen MR) is 117 cm³/mol. The third-order valence-corrected chi connectivity index (χ3v) is 5.49. The van der Waals surface area contributed by atoms with Gasteiger partial charge in [-0.15, -0.1) is 0 Å². The number of hydrogen-bond donors (Lipinski definition) is 0. The first-order valence-corrected chi connectivity index (χ1v) is 10.5. The van der Waals surface area contributed by atoms with Crippen molar-refractivity contribution in [2.45, 2.75) is 25.1 Å². The molecule has 3 nitrogen and oxygen atoms in total. The highest BCUT2D eigenvalue weighted by molar-refractivity contribution is 5.58. The molecule has 1 aliphatic heterocycles. The second kappa shape index (κ2) is 9.77. The Morgan fingerprint density at radius 2 is 1.67 bits per heavy atom. The minimum absolute atomic E-state index is 0.0853. The van der Waals surface area contributed by atoms with E-state index in [1.807, 2.05) is 60.7 Å². The number of rotatable bonds is 6. The number of halogens is 4. The molecule has 3 aromatic carbocycles. The number of morpholine rings is 1. The van der Waals surface area contributed by atoms with Crippen molar-refractivity contribution in [2.24, 2.45) is 0 Å². The van der Waals surface area contributed by atoms with Crippen molar-refractivity contribution in [1.29, 1.82) is 0 Å². The molecule has 0 amide bonds. The summed E-state index contributed by atoms with van der Waals surface area (Å²) in [4.78, 5) is 2.19. The van der Waals surface area contributed by atoms with Gasteiger partial charge in [0.05, 0.1) is 18.2 Å². The molecule has 0 radical (unpaired) electrons. The fourth-order valence-electron chi connectivity index (χ4n) is 3.92. The van der Waals surface area contributed by atoms with Crippen molar-refractivity contribution in [3.63, 3.8) is 0 Å². The van der Waals surface area contributed by atoms with Crippen LogP contribution in [0.2, 0.25) is 0 Å². The highest BCUT2D eigenvalue weighted by Crippen LogP contribution is 2.36. The van der Waals surface area contributed by atoms with E-state index >= 15 is 0 Å². The average Bonchev–Trinajstić information content (AvgIpc) is 2.79. The van der Waals surface area contributed by atoms with E-state index in [1.54, 1.807) is 0 Å². The fourth-order valence-corrected chi connectivity index (χ4v) is 3.92. The maximum atomic E-state index is 13.9.